The van der Waals surface area contributed by atoms with Crippen LogP contribution < -0.4 is 18.2 Å². The number of anilines is 4. The number of sulfonamides is 3. The summed E-state index contributed by atoms with van der Waals surface area (Å²) in [5, 5.41) is 14.0. The molecular weight excluding hydrogens is 1500 g/mol. The van der Waals surface area contributed by atoms with Crippen LogP contribution in [0.3, 0.4) is 0 Å². The quantitative estimate of drug-likeness (QED) is 0.0518. The predicted molar refractivity (Wildman–Crippen MR) is 376 cm³/mol. The van der Waals surface area contributed by atoms with Crippen LogP contribution in [0.2, 0.25) is 20.1 Å². The topological polar surface area (TPSA) is 248 Å². The van der Waals surface area contributed by atoms with Gasteiger partial charge in [0.25, 0.3) is 39.1 Å². The van der Waals surface area contributed by atoms with E-state index >= 15 is 0 Å². The number of carboxylic acid groups (broad SMARTS) is 1. The van der Waals surface area contributed by atoms with Crippen molar-refractivity contribution in [1.82, 2.24) is 0 Å². The monoisotopic (exact) mass is 1560 g/mol. The van der Waals surface area contributed by atoms with E-state index < -0.39 is 57.0 Å². The molecule has 0 saturated heterocycles. The minimum atomic E-state index is -3.76. The fraction of sp³-hybridized carbons (Fsp3) is 0.0952. The van der Waals surface area contributed by atoms with Crippen molar-refractivity contribution in [2.75, 3.05) is 60.6 Å². The van der Waals surface area contributed by atoms with E-state index in [2.05, 4.69) is 53.2 Å². The maximum absolute atomic E-state index is 12.7. The van der Waals surface area contributed by atoms with E-state index in [4.69, 9.17) is 62.2 Å². The second-order valence-electron chi connectivity index (χ2n) is 17.9. The van der Waals surface area contributed by atoms with Gasteiger partial charge < -0.3 is 19.9 Å². The molecule has 0 bridgehead atoms. The molecule has 18 nitrogen and oxygen atoms in total. The number of methoxy groups -OCH3 is 2. The maximum Gasteiger partial charge on any atom is 0.330 e. The van der Waals surface area contributed by atoms with Gasteiger partial charge in [0.1, 0.15) is 0 Å². The van der Waals surface area contributed by atoms with Crippen LogP contribution in [0.1, 0.15) is 11.1 Å². The third-order valence-electron chi connectivity index (χ3n) is 11.7. The third-order valence-corrected chi connectivity index (χ3v) is 20.4. The van der Waals surface area contributed by atoms with Crippen LogP contribution in [0.25, 0.3) is 12.2 Å². The summed E-state index contributed by atoms with van der Waals surface area (Å²) in [6.07, 6.45) is 6.13. The van der Waals surface area contributed by atoms with Gasteiger partial charge in [0, 0.05) is 91.8 Å². The van der Waals surface area contributed by atoms with E-state index in [9.17, 15) is 48.1 Å². The van der Waals surface area contributed by atoms with Crippen molar-refractivity contribution in [3.05, 3.63) is 259 Å². The Labute approximate surface area is 577 Å². The molecule has 0 spiro atoms. The van der Waals surface area contributed by atoms with Gasteiger partial charge in [-0.25, -0.2) is 48.1 Å². The van der Waals surface area contributed by atoms with Crippen LogP contribution in [0, 0.1) is 0 Å². The molecule has 0 atom stereocenters. The number of carbonyl (C=O) groups is 3. The van der Waals surface area contributed by atoms with Crippen LogP contribution in [0.15, 0.2) is 247 Å². The smallest absolute Gasteiger partial charge is 0.330 e. The number of carboxylic acids is 1. The fourth-order valence-electron chi connectivity index (χ4n) is 6.75. The Morgan fingerprint density at radius 2 is 0.772 bits per heavy atom. The molecule has 29 heteroatoms. The van der Waals surface area contributed by atoms with E-state index in [0.29, 0.717) is 47.7 Å². The zero-order chi connectivity index (χ0) is 69.0. The number of nitrogens with zero attached hydrogens (tertiary/aromatic N) is 3. The number of esters is 2. The van der Waals surface area contributed by atoms with Gasteiger partial charge in [-0.1, -0.05) is 121 Å². The SMILES string of the molecule is C=CC(=O)OC.CN(c1ccc(Cl)cc1)S(=O)(=O)c1cccc(/C=C/C(=O)O)c1.CN(c1ccc(Cl)cc1)S(=O)(=O)c1cccc(Br)c1.CNc1ccc(Cl)cc1.COC(=O)/C=C/c1cccc(S(=O)(=O)N(C)c2ccc(Cl)cc2)c1.O=S(=O)(Cl)c1cccc(Br)c1. The van der Waals surface area contributed by atoms with Crippen molar-refractivity contribution in [3.63, 3.8) is 0 Å². The van der Waals surface area contributed by atoms with Gasteiger partial charge >= 0.3 is 17.9 Å². The lowest BCUT2D eigenvalue weighted by atomic mass is 10.2. The van der Waals surface area contributed by atoms with Gasteiger partial charge in [0.2, 0.25) is 0 Å². The van der Waals surface area contributed by atoms with Gasteiger partial charge in [-0.05, 0) is 181 Å². The first-order valence-corrected chi connectivity index (χ1v) is 35.6. The summed E-state index contributed by atoms with van der Waals surface area (Å²) in [7, 11) is -0.673. The average Bonchev–Trinajstić information content (AvgIpc) is 0.829. The molecule has 0 amide bonds. The first-order valence-electron chi connectivity index (χ1n) is 25.9. The van der Waals surface area contributed by atoms with Crippen LogP contribution in [-0.4, -0.2) is 99.1 Å². The first-order chi connectivity index (χ1) is 43.2. The number of nitrogens with one attached hydrogen (secondary N) is 1. The summed E-state index contributed by atoms with van der Waals surface area (Å²) in [6, 6.07) is 52.3. The highest BCUT2D eigenvalue weighted by Gasteiger charge is 2.24. The molecule has 8 rings (SSSR count). The molecule has 0 aromatic heterocycles. The molecular formula is C63H59Br2Cl5N4O14S4. The standard InChI is InChI=1S/C17H16ClNO4S.C16H14ClNO4S.C13H11BrClNO2S.C7H8ClN.C6H4BrClO2S.C4H6O2/c1-19(15-9-7-14(18)8-10-15)24(21,22)16-5-3-4-13(12-16)6-11-17(20)23-2;1-18(14-8-6-13(17)7-9-14)23(21,22)15-4-2-3-12(11-15)5-10-16(19)20;1-16(12-7-5-11(15)6-8-12)19(17,18)13-4-2-3-10(14)9-13;1-9-7-4-2-6(8)3-5-7;7-5-2-1-3-6(4-5)11(8,9)10;1-3-4(5)6-2/h3-12H,1-2H3;2-11H,1H3,(H,19,20);2-9H,1H3;2-5,9H,1H3;1-4H;3H,1H2,2H3/b11-6+;10-5+;;;;. The Hall–Kier alpha value is -7.20. The van der Waals surface area contributed by atoms with Crippen LogP contribution in [0.5, 0.6) is 0 Å². The van der Waals surface area contributed by atoms with E-state index in [0.717, 1.165) is 31.6 Å². The van der Waals surface area contributed by atoms with Gasteiger partial charge in [-0.2, -0.15) is 0 Å². The lowest BCUT2D eigenvalue weighted by Gasteiger charge is -2.19. The zero-order valence-electron chi connectivity index (χ0n) is 49.4. The van der Waals surface area contributed by atoms with E-state index in [1.165, 1.54) is 98.6 Å². The second-order valence-corrected chi connectivity index (χ2v) is 29.9. The lowest BCUT2D eigenvalue weighted by Crippen LogP contribution is -2.26. The normalized spacial score (nSPS) is 10.9. The number of benzene rings is 8. The molecule has 0 unspecified atom stereocenters. The Kier molecular flexibility index (Phi) is 32.7. The largest absolute Gasteiger partial charge is 0.478 e. The van der Waals surface area contributed by atoms with E-state index in [-0.39, 0.29) is 19.6 Å². The molecule has 0 radical (unpaired) electrons. The predicted octanol–water partition coefficient (Wildman–Crippen LogP) is 15.6. The molecule has 0 aliphatic carbocycles. The number of hydrogen-bond acceptors (Lipinski definition) is 14. The summed E-state index contributed by atoms with van der Waals surface area (Å²) >= 11 is 29.5. The van der Waals surface area contributed by atoms with Crippen molar-refractivity contribution < 1.29 is 62.6 Å². The van der Waals surface area contributed by atoms with Gasteiger partial charge in [0.05, 0.1) is 50.9 Å². The van der Waals surface area contributed by atoms with Crippen molar-refractivity contribution in [2.24, 2.45) is 0 Å². The van der Waals surface area contributed by atoms with Crippen LogP contribution >= 0.6 is 88.9 Å². The van der Waals surface area contributed by atoms with Gasteiger partial charge in [0.15, 0.2) is 0 Å². The second kappa shape index (κ2) is 38.1. The molecule has 2 N–H and O–H groups in total. The van der Waals surface area contributed by atoms with E-state index in [1.54, 1.807) is 133 Å². The Morgan fingerprint density at radius 1 is 0.467 bits per heavy atom. The molecule has 0 aliphatic rings. The highest BCUT2D eigenvalue weighted by Crippen LogP contribution is 2.28. The minimum Gasteiger partial charge on any atom is -0.478 e. The third kappa shape index (κ3) is 26.4. The average molecular weight is 1560 g/mol. The molecule has 0 heterocycles. The molecule has 488 valence electrons. The maximum atomic E-state index is 12.7. The number of carbonyl (C=O) groups excluding carboxylic acids is 2. The summed E-state index contributed by atoms with van der Waals surface area (Å²) in [5.41, 5.74) is 3.67. The lowest BCUT2D eigenvalue weighted by molar-refractivity contribution is -0.135. The molecule has 0 aliphatic heterocycles. The fourth-order valence-corrected chi connectivity index (χ4v) is 12.9. The minimum absolute atomic E-state index is 0.0717. The van der Waals surface area contributed by atoms with Gasteiger partial charge in [-0.3, -0.25) is 12.9 Å². The molecule has 0 saturated carbocycles. The zero-order valence-corrected chi connectivity index (χ0v) is 59.7. The summed E-state index contributed by atoms with van der Waals surface area (Å²) in [4.78, 5) is 32.1. The number of halogens is 7. The highest BCUT2D eigenvalue weighted by atomic mass is 79.9. The molecule has 92 heavy (non-hydrogen) atoms. The molecule has 8 aromatic rings. The number of rotatable bonds is 16. The first kappa shape index (κ1) is 79.0. The van der Waals surface area contributed by atoms with Crippen LogP contribution in [-0.2, 0) is 63.0 Å². The molecule has 8 aromatic carbocycles. The molecule has 0 fully saturated rings. The summed E-state index contributed by atoms with van der Waals surface area (Å²) < 4.78 is 111. The summed E-state index contributed by atoms with van der Waals surface area (Å²) in [6.45, 7) is 3.16. The van der Waals surface area contributed by atoms with Gasteiger partial charge in [-0.15, -0.1) is 0 Å². The number of aliphatic carboxylic acids is 1. The van der Waals surface area contributed by atoms with Crippen molar-refractivity contribution in [2.45, 2.75) is 19.6 Å². The van der Waals surface area contributed by atoms with Crippen molar-refractivity contribution in [1.29, 1.82) is 0 Å². The van der Waals surface area contributed by atoms with E-state index in [1.807, 2.05) is 31.3 Å². The number of ether oxygens (including phenoxy) is 2. The Morgan fingerprint density at radius 3 is 1.05 bits per heavy atom. The highest BCUT2D eigenvalue weighted by molar-refractivity contribution is 9.10. The van der Waals surface area contributed by atoms with Crippen molar-refractivity contribution in [3.8, 4) is 0 Å². The van der Waals surface area contributed by atoms with Crippen molar-refractivity contribution >= 4 is 181 Å². The Bertz CT molecular complexity index is 4310. The van der Waals surface area contributed by atoms with Crippen LogP contribution in [0.4, 0.5) is 22.7 Å². The Balaban J connectivity index is 0.000000304. The number of hydrogen-bond donors (Lipinski definition) is 2. The summed E-state index contributed by atoms with van der Waals surface area (Å²) in [5.74, 6) is -2.01.